The predicted octanol–water partition coefficient (Wildman–Crippen LogP) is 2.44. The molecule has 5 heteroatoms. The molecule has 1 saturated carbocycles. The number of carbonyl (C=O) groups excluding carboxylic acids is 1. The maximum atomic E-state index is 13.4. The van der Waals surface area contributed by atoms with Crippen LogP contribution in [-0.2, 0) is 17.9 Å². The van der Waals surface area contributed by atoms with Crippen LogP contribution in [0.15, 0.2) is 30.5 Å². The van der Waals surface area contributed by atoms with Gasteiger partial charge in [0.25, 0.3) is 0 Å². The minimum absolute atomic E-state index is 0.245. The van der Waals surface area contributed by atoms with Gasteiger partial charge in [-0.05, 0) is 25.0 Å². The molecule has 1 aromatic carbocycles. The number of hydrogen-bond donors (Lipinski definition) is 0. The van der Waals surface area contributed by atoms with Crippen molar-refractivity contribution in [3.63, 3.8) is 0 Å². The third kappa shape index (κ3) is 2.22. The zero-order valence-electron chi connectivity index (χ0n) is 11.6. The van der Waals surface area contributed by atoms with Gasteiger partial charge in [0.1, 0.15) is 11.6 Å². The van der Waals surface area contributed by atoms with Crippen molar-refractivity contribution in [2.24, 2.45) is 5.92 Å². The fourth-order valence-electron chi connectivity index (χ4n) is 2.92. The molecule has 1 fully saturated rings. The van der Waals surface area contributed by atoms with E-state index in [9.17, 15) is 9.18 Å². The van der Waals surface area contributed by atoms with Crippen LogP contribution in [-0.4, -0.2) is 26.9 Å². The molecule has 21 heavy (non-hydrogen) atoms. The molecule has 0 unspecified atom stereocenters. The summed E-state index contributed by atoms with van der Waals surface area (Å²) >= 11 is 0. The van der Waals surface area contributed by atoms with Crippen molar-refractivity contribution in [1.82, 2.24) is 14.5 Å². The van der Waals surface area contributed by atoms with Gasteiger partial charge in [0.2, 0.25) is 5.91 Å². The van der Waals surface area contributed by atoms with Crippen molar-refractivity contribution < 1.29 is 9.18 Å². The minimum Gasteiger partial charge on any atom is -0.333 e. The second kappa shape index (κ2) is 4.69. The van der Waals surface area contributed by atoms with Gasteiger partial charge in [-0.3, -0.25) is 4.79 Å². The second-order valence-electron chi connectivity index (χ2n) is 5.76. The summed E-state index contributed by atoms with van der Waals surface area (Å²) in [6, 6.07) is 6.55. The zero-order chi connectivity index (χ0) is 14.4. The Kier molecular flexibility index (Phi) is 2.80. The minimum atomic E-state index is -0.246. The molecular formula is C16H16FN3O. The van der Waals surface area contributed by atoms with Crippen LogP contribution >= 0.6 is 0 Å². The summed E-state index contributed by atoms with van der Waals surface area (Å²) in [4.78, 5) is 18.5. The first kappa shape index (κ1) is 12.6. The third-order valence-electron chi connectivity index (χ3n) is 4.22. The molecule has 4 nitrogen and oxygen atoms in total. The lowest BCUT2D eigenvalue weighted by Gasteiger charge is -2.28. The predicted molar refractivity (Wildman–Crippen MR) is 75.8 cm³/mol. The topological polar surface area (TPSA) is 38.1 Å². The van der Waals surface area contributed by atoms with Crippen molar-refractivity contribution in [2.45, 2.75) is 25.9 Å². The Balaban J connectivity index is 1.62. The van der Waals surface area contributed by atoms with E-state index in [2.05, 4.69) is 9.55 Å². The van der Waals surface area contributed by atoms with Crippen LogP contribution in [0.2, 0.25) is 0 Å². The summed E-state index contributed by atoms with van der Waals surface area (Å²) in [5.74, 6) is 1.14. The second-order valence-corrected chi connectivity index (χ2v) is 5.76. The van der Waals surface area contributed by atoms with Crippen LogP contribution in [0.4, 0.5) is 4.39 Å². The number of rotatable bonds is 2. The van der Waals surface area contributed by atoms with E-state index in [4.69, 9.17) is 0 Å². The van der Waals surface area contributed by atoms with Gasteiger partial charge in [0, 0.05) is 24.6 Å². The van der Waals surface area contributed by atoms with Gasteiger partial charge in [0.15, 0.2) is 0 Å². The van der Waals surface area contributed by atoms with Crippen molar-refractivity contribution >= 4 is 5.91 Å². The van der Waals surface area contributed by atoms with Crippen LogP contribution in [0, 0.1) is 11.7 Å². The number of benzene rings is 1. The summed E-state index contributed by atoms with van der Waals surface area (Å²) in [7, 11) is 0. The molecule has 4 rings (SSSR count). The highest BCUT2D eigenvalue weighted by Gasteiger charge is 2.35. The van der Waals surface area contributed by atoms with Gasteiger partial charge in [-0.15, -0.1) is 0 Å². The largest absolute Gasteiger partial charge is 0.333 e. The SMILES string of the molecule is O=C(C1CC1)N1CCn2c(-c3cccc(F)c3)cnc2C1. The van der Waals surface area contributed by atoms with E-state index in [1.807, 2.05) is 11.0 Å². The lowest BCUT2D eigenvalue weighted by Crippen LogP contribution is -2.39. The number of fused-ring (bicyclic) bond motifs is 1. The van der Waals surface area contributed by atoms with Gasteiger partial charge in [-0.2, -0.15) is 0 Å². The Hall–Kier alpha value is -2.17. The quantitative estimate of drug-likeness (QED) is 0.850. The van der Waals surface area contributed by atoms with Gasteiger partial charge < -0.3 is 9.47 Å². The van der Waals surface area contributed by atoms with E-state index in [0.29, 0.717) is 13.1 Å². The molecule has 0 saturated heterocycles. The average Bonchev–Trinajstić information content (AvgIpc) is 3.25. The molecule has 0 N–H and O–H groups in total. The Morgan fingerprint density at radius 2 is 2.14 bits per heavy atom. The van der Waals surface area contributed by atoms with Crippen molar-refractivity contribution in [2.75, 3.05) is 6.54 Å². The summed E-state index contributed by atoms with van der Waals surface area (Å²) in [5, 5.41) is 0. The Morgan fingerprint density at radius 1 is 1.29 bits per heavy atom. The molecule has 0 spiro atoms. The first-order chi connectivity index (χ1) is 10.2. The molecule has 0 bridgehead atoms. The maximum absolute atomic E-state index is 13.4. The van der Waals surface area contributed by atoms with Gasteiger partial charge in [0.05, 0.1) is 18.4 Å². The smallest absolute Gasteiger partial charge is 0.226 e. The van der Waals surface area contributed by atoms with E-state index in [1.54, 1.807) is 12.3 Å². The number of amides is 1. The van der Waals surface area contributed by atoms with Crippen LogP contribution in [0.25, 0.3) is 11.3 Å². The maximum Gasteiger partial charge on any atom is 0.226 e. The van der Waals surface area contributed by atoms with Gasteiger partial charge in [-0.1, -0.05) is 12.1 Å². The molecule has 1 amide bonds. The van der Waals surface area contributed by atoms with Crippen LogP contribution in [0.3, 0.4) is 0 Å². The van der Waals surface area contributed by atoms with E-state index in [0.717, 1.165) is 36.5 Å². The Bertz CT molecular complexity index is 705. The Morgan fingerprint density at radius 3 is 2.90 bits per heavy atom. The highest BCUT2D eigenvalue weighted by atomic mass is 19.1. The van der Waals surface area contributed by atoms with Crippen molar-refractivity contribution in [1.29, 1.82) is 0 Å². The molecule has 2 aromatic rings. The highest BCUT2D eigenvalue weighted by molar-refractivity contribution is 5.81. The molecule has 1 aliphatic carbocycles. The molecular weight excluding hydrogens is 269 g/mol. The van der Waals surface area contributed by atoms with E-state index in [1.165, 1.54) is 12.1 Å². The molecule has 2 heterocycles. The molecule has 2 aliphatic rings. The zero-order valence-corrected chi connectivity index (χ0v) is 11.6. The average molecular weight is 285 g/mol. The van der Waals surface area contributed by atoms with Gasteiger partial charge in [-0.25, -0.2) is 9.37 Å². The number of aromatic nitrogens is 2. The Labute approximate surface area is 122 Å². The van der Waals surface area contributed by atoms with Crippen molar-refractivity contribution in [3.8, 4) is 11.3 Å². The fourth-order valence-corrected chi connectivity index (χ4v) is 2.92. The number of carbonyl (C=O) groups is 1. The fraction of sp³-hybridized carbons (Fsp3) is 0.375. The first-order valence-corrected chi connectivity index (χ1v) is 7.31. The molecule has 0 atom stereocenters. The van der Waals surface area contributed by atoms with E-state index < -0.39 is 0 Å². The molecule has 0 radical (unpaired) electrons. The standard InChI is InChI=1S/C16H16FN3O/c17-13-3-1-2-12(8-13)14-9-18-15-10-19(6-7-20(14)15)16(21)11-4-5-11/h1-3,8-9,11H,4-7,10H2. The first-order valence-electron chi connectivity index (χ1n) is 7.31. The van der Waals surface area contributed by atoms with Gasteiger partial charge >= 0.3 is 0 Å². The molecule has 1 aromatic heterocycles. The lowest BCUT2D eigenvalue weighted by atomic mass is 10.1. The summed E-state index contributed by atoms with van der Waals surface area (Å²) < 4.78 is 15.5. The number of imidazole rings is 1. The van der Waals surface area contributed by atoms with E-state index in [-0.39, 0.29) is 17.6 Å². The highest BCUT2D eigenvalue weighted by Crippen LogP contribution is 2.32. The van der Waals surface area contributed by atoms with Crippen LogP contribution in [0.5, 0.6) is 0 Å². The van der Waals surface area contributed by atoms with Crippen LogP contribution in [0.1, 0.15) is 18.7 Å². The third-order valence-corrected chi connectivity index (χ3v) is 4.22. The summed E-state index contributed by atoms with van der Waals surface area (Å²) in [6.45, 7) is 1.99. The molecule has 108 valence electrons. The number of hydrogen-bond acceptors (Lipinski definition) is 2. The number of nitrogens with zero attached hydrogens (tertiary/aromatic N) is 3. The summed E-state index contributed by atoms with van der Waals surface area (Å²) in [5.41, 5.74) is 1.75. The number of halogens is 1. The monoisotopic (exact) mass is 285 g/mol. The molecule has 1 aliphatic heterocycles. The lowest BCUT2D eigenvalue weighted by molar-refractivity contribution is -0.134. The normalized spacial score (nSPS) is 17.7. The van der Waals surface area contributed by atoms with E-state index >= 15 is 0 Å². The van der Waals surface area contributed by atoms with Crippen molar-refractivity contribution in [3.05, 3.63) is 42.1 Å². The summed E-state index contributed by atoms with van der Waals surface area (Å²) in [6.07, 6.45) is 3.83. The van der Waals surface area contributed by atoms with Crippen LogP contribution < -0.4 is 0 Å².